The van der Waals surface area contributed by atoms with Gasteiger partial charge in [-0.15, -0.1) is 4.91 Å². The van der Waals surface area contributed by atoms with Gasteiger partial charge in [0, 0.05) is 10.7 Å². The molecule has 3 aromatic rings. The molecular formula is C19H11NO3. The summed E-state index contributed by atoms with van der Waals surface area (Å²) in [4.78, 5) is 34.3. The lowest BCUT2D eigenvalue weighted by Gasteiger charge is -2.15. The quantitative estimate of drug-likeness (QED) is 0.388. The van der Waals surface area contributed by atoms with Crippen LogP contribution < -0.4 is 0 Å². The van der Waals surface area contributed by atoms with Gasteiger partial charge < -0.3 is 0 Å². The van der Waals surface area contributed by atoms with Crippen LogP contribution in [0.2, 0.25) is 0 Å². The van der Waals surface area contributed by atoms with Crippen molar-refractivity contribution in [3.8, 4) is 0 Å². The Labute approximate surface area is 131 Å². The molecule has 23 heavy (non-hydrogen) atoms. The molecule has 0 bridgehead atoms. The van der Waals surface area contributed by atoms with E-state index in [1.165, 1.54) is 6.08 Å². The molecule has 0 unspecified atom stereocenters. The van der Waals surface area contributed by atoms with E-state index in [9.17, 15) is 14.5 Å². The molecule has 1 aliphatic rings. The normalized spacial score (nSPS) is 13.7. The molecule has 0 heterocycles. The number of hydrogen-bond donors (Lipinski definition) is 0. The van der Waals surface area contributed by atoms with E-state index in [4.69, 9.17) is 0 Å². The molecule has 0 saturated heterocycles. The molecule has 0 spiro atoms. The second-order valence-corrected chi connectivity index (χ2v) is 5.60. The van der Waals surface area contributed by atoms with Crippen molar-refractivity contribution in [2.24, 2.45) is 5.18 Å². The highest BCUT2D eigenvalue weighted by molar-refractivity contribution is 6.27. The van der Waals surface area contributed by atoms with Gasteiger partial charge in [0.15, 0.2) is 5.78 Å². The van der Waals surface area contributed by atoms with Crippen LogP contribution in [-0.2, 0) is 11.2 Å². The maximum absolute atomic E-state index is 12.4. The zero-order valence-corrected chi connectivity index (χ0v) is 12.1. The summed E-state index contributed by atoms with van der Waals surface area (Å²) in [6.07, 6.45) is 1.93. The fraction of sp³-hybridized carbons (Fsp3) is 0.0526. The summed E-state index contributed by atoms with van der Waals surface area (Å²) in [5.74, 6) is -1.43. The van der Waals surface area contributed by atoms with E-state index in [1.807, 2.05) is 36.4 Å². The first-order chi connectivity index (χ1) is 11.2. The first-order valence-corrected chi connectivity index (χ1v) is 7.25. The number of hydrogen-bond acceptors (Lipinski definition) is 3. The van der Waals surface area contributed by atoms with E-state index in [1.54, 1.807) is 6.07 Å². The predicted molar refractivity (Wildman–Crippen MR) is 88.4 cm³/mol. The van der Waals surface area contributed by atoms with E-state index >= 15 is 0 Å². The van der Waals surface area contributed by atoms with Crippen LogP contribution in [0.15, 0.2) is 65.4 Å². The molecule has 4 nitrogen and oxygen atoms in total. The maximum atomic E-state index is 12.4. The number of carbonyl (C=O) groups excluding carboxylic acids is 2. The second kappa shape index (κ2) is 4.95. The van der Waals surface area contributed by atoms with Gasteiger partial charge in [-0.05, 0) is 51.7 Å². The van der Waals surface area contributed by atoms with Crippen LogP contribution in [0.4, 0.5) is 0 Å². The van der Waals surface area contributed by atoms with Gasteiger partial charge in [-0.3, -0.25) is 9.59 Å². The van der Waals surface area contributed by atoms with Crippen molar-refractivity contribution >= 4 is 33.2 Å². The summed E-state index contributed by atoms with van der Waals surface area (Å²) in [6.45, 7) is 0. The van der Waals surface area contributed by atoms with E-state index < -0.39 is 11.7 Å². The highest BCUT2D eigenvalue weighted by Crippen LogP contribution is 2.30. The Bertz CT molecular complexity index is 1050. The van der Waals surface area contributed by atoms with Gasteiger partial charge in [-0.2, -0.15) is 0 Å². The van der Waals surface area contributed by atoms with Gasteiger partial charge in [-0.1, -0.05) is 36.4 Å². The molecule has 0 N–H and O–H groups in total. The van der Waals surface area contributed by atoms with Crippen molar-refractivity contribution in [2.45, 2.75) is 6.42 Å². The van der Waals surface area contributed by atoms with Gasteiger partial charge in [0.25, 0.3) is 0 Å². The third-order valence-corrected chi connectivity index (χ3v) is 4.26. The number of rotatable bonds is 1. The van der Waals surface area contributed by atoms with Crippen molar-refractivity contribution < 1.29 is 9.59 Å². The highest BCUT2D eigenvalue weighted by atomic mass is 16.3. The van der Waals surface area contributed by atoms with Crippen LogP contribution >= 0.6 is 0 Å². The topological polar surface area (TPSA) is 63.6 Å². The van der Waals surface area contributed by atoms with Gasteiger partial charge in [0.2, 0.25) is 0 Å². The lowest BCUT2D eigenvalue weighted by Crippen LogP contribution is -2.17. The van der Waals surface area contributed by atoms with E-state index in [0.717, 1.165) is 27.1 Å². The summed E-state index contributed by atoms with van der Waals surface area (Å²) < 4.78 is 0. The number of amides is 1. The van der Waals surface area contributed by atoms with Gasteiger partial charge in [-0.25, -0.2) is 0 Å². The third kappa shape index (κ3) is 2.07. The molecule has 0 saturated carbocycles. The number of carbonyl (C=O) groups is 2. The average Bonchev–Trinajstić information content (AvgIpc) is 2.58. The van der Waals surface area contributed by atoms with Crippen molar-refractivity contribution in [2.75, 3.05) is 0 Å². The molecular weight excluding hydrogens is 290 g/mol. The van der Waals surface area contributed by atoms with E-state index in [2.05, 4.69) is 11.2 Å². The Morgan fingerprint density at radius 2 is 1.57 bits per heavy atom. The Kier molecular flexibility index (Phi) is 2.91. The molecule has 0 aromatic heterocycles. The van der Waals surface area contributed by atoms with Crippen LogP contribution in [0.1, 0.15) is 15.9 Å². The molecule has 4 rings (SSSR count). The van der Waals surface area contributed by atoms with Crippen molar-refractivity contribution in [1.82, 2.24) is 0 Å². The lowest BCUT2D eigenvalue weighted by molar-refractivity contribution is -0.114. The molecule has 0 atom stereocenters. The lowest BCUT2D eigenvalue weighted by atomic mass is 9.87. The SMILES string of the molecule is O=NC(=O)C1=CCc2cc3cc4ccccc4cc3cc2C1=O. The largest absolute Gasteiger partial charge is 0.320 e. The monoisotopic (exact) mass is 301 g/mol. The molecule has 0 radical (unpaired) electrons. The average molecular weight is 301 g/mol. The van der Waals surface area contributed by atoms with Crippen LogP contribution in [-0.4, -0.2) is 11.7 Å². The molecule has 3 aromatic carbocycles. The fourth-order valence-electron chi connectivity index (χ4n) is 3.10. The maximum Gasteiger partial charge on any atom is 0.320 e. The zero-order valence-electron chi connectivity index (χ0n) is 12.1. The standard InChI is InChI=1S/C19H11NO3/c21-18-16(19(22)20-23)6-5-13-9-14-7-11-3-1-2-4-12(11)8-15(14)10-17(13)18/h1-4,6-10H,5H2. The fourth-order valence-corrected chi connectivity index (χ4v) is 3.10. The van der Waals surface area contributed by atoms with Crippen LogP contribution in [0.25, 0.3) is 21.5 Å². The summed E-state index contributed by atoms with van der Waals surface area (Å²) >= 11 is 0. The number of ketones is 1. The number of benzene rings is 3. The summed E-state index contributed by atoms with van der Waals surface area (Å²) in [5.41, 5.74) is 1.20. The van der Waals surface area contributed by atoms with E-state index in [0.29, 0.717) is 12.0 Å². The number of nitroso groups, excluding NO2 is 1. The number of fused-ring (bicyclic) bond motifs is 3. The highest BCUT2D eigenvalue weighted by Gasteiger charge is 2.26. The smallest absolute Gasteiger partial charge is 0.288 e. The summed E-state index contributed by atoms with van der Waals surface area (Å²) in [7, 11) is 0. The number of Topliss-reactive ketones (excluding diaryl/α,β-unsaturated/α-hetero) is 1. The molecule has 0 aliphatic heterocycles. The minimum Gasteiger partial charge on any atom is -0.288 e. The molecule has 0 fully saturated rings. The van der Waals surface area contributed by atoms with Crippen LogP contribution in [0.5, 0.6) is 0 Å². The molecule has 110 valence electrons. The second-order valence-electron chi connectivity index (χ2n) is 5.60. The van der Waals surface area contributed by atoms with Crippen molar-refractivity contribution in [3.63, 3.8) is 0 Å². The summed E-state index contributed by atoms with van der Waals surface area (Å²) in [5, 5.41) is 6.57. The molecule has 1 amide bonds. The molecule has 1 aliphatic carbocycles. The van der Waals surface area contributed by atoms with Crippen molar-refractivity contribution in [3.05, 3.63) is 76.2 Å². The third-order valence-electron chi connectivity index (χ3n) is 4.26. The van der Waals surface area contributed by atoms with Crippen LogP contribution in [0, 0.1) is 4.91 Å². The van der Waals surface area contributed by atoms with Crippen molar-refractivity contribution in [1.29, 1.82) is 0 Å². The Morgan fingerprint density at radius 3 is 2.22 bits per heavy atom. The Balaban J connectivity index is 1.93. The van der Waals surface area contributed by atoms with Gasteiger partial charge in [0.05, 0.1) is 5.57 Å². The van der Waals surface area contributed by atoms with Gasteiger partial charge in [0.1, 0.15) is 0 Å². The minimum atomic E-state index is -1.00. The van der Waals surface area contributed by atoms with Crippen LogP contribution in [0.3, 0.4) is 0 Å². The summed E-state index contributed by atoms with van der Waals surface area (Å²) in [6, 6.07) is 15.9. The zero-order chi connectivity index (χ0) is 16.0. The van der Waals surface area contributed by atoms with Gasteiger partial charge >= 0.3 is 5.91 Å². The first kappa shape index (κ1) is 13.5. The minimum absolute atomic E-state index is 0.132. The Hall–Kier alpha value is -3.14. The molecule has 4 heteroatoms. The van der Waals surface area contributed by atoms with E-state index in [-0.39, 0.29) is 5.57 Å². The predicted octanol–water partition coefficient (Wildman–Crippen LogP) is 3.95. The Morgan fingerprint density at radius 1 is 0.913 bits per heavy atom. The number of nitrogens with zero attached hydrogens (tertiary/aromatic N) is 1. The number of allylic oxidation sites excluding steroid dienone is 1. The first-order valence-electron chi connectivity index (χ1n) is 7.25.